The van der Waals surface area contributed by atoms with Gasteiger partial charge in [-0.25, -0.2) is 4.79 Å². The SMILES string of the molecule is O=C(Nc1ccccc1C(=O)NC(Cc1ccccc1)C(=O)O)c1cc2c([nH]1)CCC2. The van der Waals surface area contributed by atoms with Gasteiger partial charge < -0.3 is 20.7 Å². The van der Waals surface area contributed by atoms with Gasteiger partial charge >= 0.3 is 5.97 Å². The molecular formula is C24H23N3O4. The molecule has 1 heterocycles. The van der Waals surface area contributed by atoms with Gasteiger partial charge in [0.2, 0.25) is 0 Å². The van der Waals surface area contributed by atoms with Crippen LogP contribution in [0.2, 0.25) is 0 Å². The molecule has 4 rings (SSSR count). The van der Waals surface area contributed by atoms with Gasteiger partial charge in [0.25, 0.3) is 11.8 Å². The molecule has 0 spiro atoms. The highest BCUT2D eigenvalue weighted by atomic mass is 16.4. The number of H-pyrrole nitrogens is 1. The lowest BCUT2D eigenvalue weighted by molar-refractivity contribution is -0.139. The number of fused-ring (bicyclic) bond motifs is 1. The third-order valence-electron chi connectivity index (χ3n) is 5.42. The van der Waals surface area contributed by atoms with E-state index in [9.17, 15) is 19.5 Å². The Bertz CT molecular complexity index is 1100. The van der Waals surface area contributed by atoms with Crippen LogP contribution in [0.5, 0.6) is 0 Å². The number of carbonyl (C=O) groups excluding carboxylic acids is 2. The molecule has 31 heavy (non-hydrogen) atoms. The van der Waals surface area contributed by atoms with Crippen LogP contribution in [0.1, 0.15) is 44.1 Å². The summed E-state index contributed by atoms with van der Waals surface area (Å²) in [7, 11) is 0. The minimum Gasteiger partial charge on any atom is -0.480 e. The van der Waals surface area contributed by atoms with E-state index in [0.29, 0.717) is 11.4 Å². The van der Waals surface area contributed by atoms with Gasteiger partial charge in [0, 0.05) is 12.1 Å². The molecule has 0 saturated heterocycles. The smallest absolute Gasteiger partial charge is 0.326 e. The van der Waals surface area contributed by atoms with E-state index in [4.69, 9.17) is 0 Å². The Kier molecular flexibility index (Phi) is 5.84. The van der Waals surface area contributed by atoms with Crippen LogP contribution in [-0.2, 0) is 24.1 Å². The number of aromatic nitrogens is 1. The molecule has 0 fully saturated rings. The molecule has 2 aromatic carbocycles. The summed E-state index contributed by atoms with van der Waals surface area (Å²) in [4.78, 5) is 40.4. The molecule has 0 saturated carbocycles. The van der Waals surface area contributed by atoms with Gasteiger partial charge in [0.05, 0.1) is 11.3 Å². The maximum absolute atomic E-state index is 12.9. The minimum absolute atomic E-state index is 0.157. The summed E-state index contributed by atoms with van der Waals surface area (Å²) >= 11 is 0. The fraction of sp³-hybridized carbons (Fsp3) is 0.208. The molecule has 1 unspecified atom stereocenters. The molecule has 0 aliphatic heterocycles. The van der Waals surface area contributed by atoms with E-state index < -0.39 is 17.9 Å². The number of amides is 2. The van der Waals surface area contributed by atoms with Crippen LogP contribution >= 0.6 is 0 Å². The third-order valence-corrected chi connectivity index (χ3v) is 5.42. The first-order chi connectivity index (χ1) is 15.0. The first-order valence-corrected chi connectivity index (χ1v) is 10.2. The van der Waals surface area contributed by atoms with E-state index in [1.807, 2.05) is 36.4 Å². The van der Waals surface area contributed by atoms with Crippen molar-refractivity contribution < 1.29 is 19.5 Å². The Morgan fingerprint density at radius 3 is 2.45 bits per heavy atom. The molecule has 158 valence electrons. The number of nitrogens with one attached hydrogen (secondary N) is 3. The Hall–Kier alpha value is -3.87. The molecule has 2 amide bonds. The predicted molar refractivity (Wildman–Crippen MR) is 116 cm³/mol. The summed E-state index contributed by atoms with van der Waals surface area (Å²) in [5.74, 6) is -2.03. The normalized spacial score (nSPS) is 13.3. The van der Waals surface area contributed by atoms with E-state index in [2.05, 4.69) is 15.6 Å². The van der Waals surface area contributed by atoms with Crippen molar-refractivity contribution in [2.45, 2.75) is 31.7 Å². The fourth-order valence-corrected chi connectivity index (χ4v) is 3.83. The van der Waals surface area contributed by atoms with Crippen molar-refractivity contribution >= 4 is 23.5 Å². The van der Waals surface area contributed by atoms with Crippen molar-refractivity contribution in [2.24, 2.45) is 0 Å². The topological polar surface area (TPSA) is 111 Å². The van der Waals surface area contributed by atoms with Gasteiger partial charge in [-0.15, -0.1) is 0 Å². The van der Waals surface area contributed by atoms with E-state index >= 15 is 0 Å². The zero-order valence-corrected chi connectivity index (χ0v) is 16.9. The lowest BCUT2D eigenvalue weighted by atomic mass is 10.1. The summed E-state index contributed by atoms with van der Waals surface area (Å²) < 4.78 is 0. The molecule has 4 N–H and O–H groups in total. The number of aryl methyl sites for hydroxylation is 2. The van der Waals surface area contributed by atoms with E-state index in [-0.39, 0.29) is 17.9 Å². The van der Waals surface area contributed by atoms with Gasteiger partial charge in [-0.2, -0.15) is 0 Å². The standard InChI is InChI=1S/C24H23N3O4/c28-22(27-21(24(30)31)13-15-7-2-1-3-8-15)17-10-4-5-11-19(17)26-23(29)20-14-16-9-6-12-18(16)25-20/h1-5,7-8,10-11,14,21,25H,6,9,12-13H2,(H,26,29)(H,27,28)(H,30,31). The average Bonchev–Trinajstić information content (AvgIpc) is 3.37. The van der Waals surface area contributed by atoms with Gasteiger partial charge in [-0.1, -0.05) is 42.5 Å². The highest BCUT2D eigenvalue weighted by molar-refractivity contribution is 6.08. The quantitative estimate of drug-likeness (QED) is 0.473. The van der Waals surface area contributed by atoms with Crippen LogP contribution in [-0.4, -0.2) is 33.9 Å². The minimum atomic E-state index is -1.13. The van der Waals surface area contributed by atoms with Crippen molar-refractivity contribution in [1.82, 2.24) is 10.3 Å². The van der Waals surface area contributed by atoms with Crippen LogP contribution in [0.4, 0.5) is 5.69 Å². The summed E-state index contributed by atoms with van der Waals surface area (Å²) in [6, 6.07) is 16.4. The number of benzene rings is 2. The molecule has 0 bridgehead atoms. The molecule has 1 aromatic heterocycles. The van der Waals surface area contributed by atoms with Crippen molar-refractivity contribution in [3.8, 4) is 0 Å². The Morgan fingerprint density at radius 1 is 0.968 bits per heavy atom. The number of carboxylic acids is 1. The second kappa shape index (κ2) is 8.87. The Labute approximate surface area is 179 Å². The van der Waals surface area contributed by atoms with Crippen LogP contribution < -0.4 is 10.6 Å². The summed E-state index contributed by atoms with van der Waals surface area (Å²) in [6.07, 6.45) is 3.12. The van der Waals surface area contributed by atoms with E-state index in [1.165, 1.54) is 0 Å². The molecule has 3 aromatic rings. The number of carboxylic acid groups (broad SMARTS) is 1. The summed E-state index contributed by atoms with van der Waals surface area (Å²) in [5, 5.41) is 14.9. The molecular weight excluding hydrogens is 394 g/mol. The number of rotatable bonds is 7. The molecule has 1 atom stereocenters. The lowest BCUT2D eigenvalue weighted by Crippen LogP contribution is -2.42. The highest BCUT2D eigenvalue weighted by Crippen LogP contribution is 2.23. The van der Waals surface area contributed by atoms with Gasteiger partial charge in [0.1, 0.15) is 11.7 Å². The first-order valence-electron chi connectivity index (χ1n) is 10.2. The average molecular weight is 417 g/mol. The summed E-state index contributed by atoms with van der Waals surface area (Å²) in [5.41, 5.74) is 4.02. The van der Waals surface area contributed by atoms with Crippen LogP contribution in [0.3, 0.4) is 0 Å². The number of anilines is 1. The first kappa shape index (κ1) is 20.4. The Morgan fingerprint density at radius 2 is 1.71 bits per heavy atom. The van der Waals surface area contributed by atoms with Crippen LogP contribution in [0.15, 0.2) is 60.7 Å². The fourth-order valence-electron chi connectivity index (χ4n) is 3.83. The van der Waals surface area contributed by atoms with Gasteiger partial charge in [-0.3, -0.25) is 9.59 Å². The number of carbonyl (C=O) groups is 3. The number of aliphatic carboxylic acids is 1. The monoisotopic (exact) mass is 417 g/mol. The maximum atomic E-state index is 12.9. The maximum Gasteiger partial charge on any atom is 0.326 e. The zero-order chi connectivity index (χ0) is 21.8. The molecule has 7 nitrogen and oxygen atoms in total. The highest BCUT2D eigenvalue weighted by Gasteiger charge is 2.23. The van der Waals surface area contributed by atoms with E-state index in [0.717, 1.165) is 36.1 Å². The van der Waals surface area contributed by atoms with Gasteiger partial charge in [-0.05, 0) is 48.6 Å². The number of aromatic amines is 1. The molecule has 0 radical (unpaired) electrons. The number of hydrogen-bond donors (Lipinski definition) is 4. The van der Waals surface area contributed by atoms with Crippen LogP contribution in [0, 0.1) is 0 Å². The van der Waals surface area contributed by atoms with E-state index in [1.54, 1.807) is 24.3 Å². The largest absolute Gasteiger partial charge is 0.480 e. The second-order valence-electron chi connectivity index (χ2n) is 7.59. The zero-order valence-electron chi connectivity index (χ0n) is 16.9. The molecule has 1 aliphatic carbocycles. The lowest BCUT2D eigenvalue weighted by Gasteiger charge is -2.16. The Balaban J connectivity index is 1.49. The summed E-state index contributed by atoms with van der Waals surface area (Å²) in [6.45, 7) is 0. The number of para-hydroxylation sites is 1. The van der Waals surface area contributed by atoms with Crippen molar-refractivity contribution in [3.05, 3.63) is 88.7 Å². The van der Waals surface area contributed by atoms with Crippen molar-refractivity contribution in [3.63, 3.8) is 0 Å². The van der Waals surface area contributed by atoms with Crippen LogP contribution in [0.25, 0.3) is 0 Å². The second-order valence-corrected chi connectivity index (χ2v) is 7.59. The van der Waals surface area contributed by atoms with Crippen molar-refractivity contribution in [1.29, 1.82) is 0 Å². The number of hydrogen-bond acceptors (Lipinski definition) is 3. The third kappa shape index (κ3) is 4.66. The van der Waals surface area contributed by atoms with Gasteiger partial charge in [0.15, 0.2) is 0 Å². The van der Waals surface area contributed by atoms with Crippen molar-refractivity contribution in [2.75, 3.05) is 5.32 Å². The molecule has 7 heteroatoms. The predicted octanol–water partition coefficient (Wildman–Crippen LogP) is 3.18. The molecule has 1 aliphatic rings.